The van der Waals surface area contributed by atoms with Crippen molar-refractivity contribution in [2.45, 2.75) is 38.4 Å². The lowest BCUT2D eigenvalue weighted by molar-refractivity contribution is -0.143. The van der Waals surface area contributed by atoms with Gasteiger partial charge in [0, 0.05) is 6.42 Å². The van der Waals surface area contributed by atoms with Gasteiger partial charge in [-0.05, 0) is 6.42 Å². The molecule has 0 aromatic rings. The second-order valence-electron chi connectivity index (χ2n) is 2.60. The van der Waals surface area contributed by atoms with E-state index < -0.39 is 30.8 Å². The van der Waals surface area contributed by atoms with Crippen LogP contribution in [0.4, 0.5) is 13.2 Å². The maximum Gasteiger partial charge on any atom is 0.389 e. The van der Waals surface area contributed by atoms with Crippen molar-refractivity contribution < 1.29 is 18.0 Å². The van der Waals surface area contributed by atoms with E-state index in [2.05, 4.69) is 0 Å². The van der Waals surface area contributed by atoms with Gasteiger partial charge in [-0.25, -0.2) is 0 Å². The molecule has 0 saturated heterocycles. The highest BCUT2D eigenvalue weighted by Crippen LogP contribution is 2.21. The van der Waals surface area contributed by atoms with Gasteiger partial charge in [-0.2, -0.15) is 13.2 Å². The SMILES string of the molecule is CCC(N)C(=O)CCC(F)(F)F. The summed E-state index contributed by atoms with van der Waals surface area (Å²) in [5.74, 6) is -0.519. The van der Waals surface area contributed by atoms with Crippen LogP contribution in [-0.4, -0.2) is 18.0 Å². The van der Waals surface area contributed by atoms with E-state index in [9.17, 15) is 18.0 Å². The van der Waals surface area contributed by atoms with Gasteiger partial charge in [0.25, 0.3) is 0 Å². The van der Waals surface area contributed by atoms with Crippen LogP contribution in [0.1, 0.15) is 26.2 Å². The van der Waals surface area contributed by atoms with Crippen molar-refractivity contribution in [3.8, 4) is 0 Å². The smallest absolute Gasteiger partial charge is 0.322 e. The lowest BCUT2D eigenvalue weighted by Gasteiger charge is -2.08. The van der Waals surface area contributed by atoms with Gasteiger partial charge in [-0.15, -0.1) is 0 Å². The first-order valence-electron chi connectivity index (χ1n) is 3.72. The minimum Gasteiger partial charge on any atom is -0.322 e. The van der Waals surface area contributed by atoms with Gasteiger partial charge >= 0.3 is 6.18 Å². The van der Waals surface area contributed by atoms with E-state index in [1.807, 2.05) is 0 Å². The van der Waals surface area contributed by atoms with E-state index in [-0.39, 0.29) is 0 Å². The van der Waals surface area contributed by atoms with E-state index in [0.29, 0.717) is 6.42 Å². The number of carbonyl (C=O) groups is 1. The highest BCUT2D eigenvalue weighted by atomic mass is 19.4. The molecule has 2 N–H and O–H groups in total. The predicted molar refractivity (Wildman–Crippen MR) is 38.6 cm³/mol. The van der Waals surface area contributed by atoms with Crippen molar-refractivity contribution in [3.63, 3.8) is 0 Å². The zero-order chi connectivity index (χ0) is 9.78. The maximum absolute atomic E-state index is 11.6. The van der Waals surface area contributed by atoms with Crippen LogP contribution < -0.4 is 5.73 Å². The molecule has 0 amide bonds. The lowest BCUT2D eigenvalue weighted by Crippen LogP contribution is -2.30. The number of nitrogens with two attached hydrogens (primary N) is 1. The summed E-state index contributed by atoms with van der Waals surface area (Å²) in [6.07, 6.45) is -5.45. The summed E-state index contributed by atoms with van der Waals surface area (Å²) in [6.45, 7) is 1.66. The average Bonchev–Trinajstić information content (AvgIpc) is 1.97. The fourth-order valence-electron chi connectivity index (χ4n) is 0.678. The molecule has 1 atom stereocenters. The van der Waals surface area contributed by atoms with Crippen molar-refractivity contribution in [1.82, 2.24) is 0 Å². The zero-order valence-electron chi connectivity index (χ0n) is 6.82. The summed E-state index contributed by atoms with van der Waals surface area (Å²) in [5, 5.41) is 0. The minimum atomic E-state index is -4.26. The van der Waals surface area contributed by atoms with E-state index in [1.165, 1.54) is 0 Å². The summed E-state index contributed by atoms with van der Waals surface area (Å²) in [4.78, 5) is 10.8. The monoisotopic (exact) mass is 183 g/mol. The molecule has 2 nitrogen and oxygen atoms in total. The van der Waals surface area contributed by atoms with Crippen LogP contribution in [0.15, 0.2) is 0 Å². The average molecular weight is 183 g/mol. The topological polar surface area (TPSA) is 43.1 Å². The van der Waals surface area contributed by atoms with Crippen LogP contribution in [0.5, 0.6) is 0 Å². The Kier molecular flexibility index (Phi) is 4.23. The van der Waals surface area contributed by atoms with Crippen LogP contribution >= 0.6 is 0 Å². The molecule has 12 heavy (non-hydrogen) atoms. The van der Waals surface area contributed by atoms with Gasteiger partial charge in [0.05, 0.1) is 12.5 Å². The van der Waals surface area contributed by atoms with Crippen molar-refractivity contribution in [1.29, 1.82) is 0 Å². The van der Waals surface area contributed by atoms with Crippen LogP contribution in [0, 0.1) is 0 Å². The van der Waals surface area contributed by atoms with Gasteiger partial charge in [0.2, 0.25) is 0 Å². The molecule has 72 valence electrons. The zero-order valence-corrected chi connectivity index (χ0v) is 6.82. The first-order valence-corrected chi connectivity index (χ1v) is 3.72. The molecular formula is C7H12F3NO. The molecule has 0 aliphatic heterocycles. The highest BCUT2D eigenvalue weighted by Gasteiger charge is 2.28. The van der Waals surface area contributed by atoms with Gasteiger partial charge in [-0.1, -0.05) is 6.92 Å². The molecule has 0 aromatic carbocycles. The minimum absolute atomic E-state index is 0.386. The summed E-state index contributed by atoms with van der Waals surface area (Å²) in [6, 6.07) is -0.743. The summed E-state index contributed by atoms with van der Waals surface area (Å²) in [7, 11) is 0. The van der Waals surface area contributed by atoms with Gasteiger partial charge in [0.1, 0.15) is 5.78 Å². The third-order valence-electron chi connectivity index (χ3n) is 1.51. The molecule has 5 heteroatoms. The number of halogens is 3. The van der Waals surface area contributed by atoms with Crippen molar-refractivity contribution >= 4 is 5.78 Å². The molecule has 0 aliphatic rings. The number of rotatable bonds is 4. The standard InChI is InChI=1S/C7H12F3NO/c1-2-5(11)6(12)3-4-7(8,9)10/h5H,2-4,11H2,1H3. The Hall–Kier alpha value is -0.580. The molecule has 0 aromatic heterocycles. The molecule has 0 rings (SSSR count). The van der Waals surface area contributed by atoms with Crippen molar-refractivity contribution in [2.24, 2.45) is 5.73 Å². The highest BCUT2D eigenvalue weighted by molar-refractivity contribution is 5.83. The van der Waals surface area contributed by atoms with Crippen molar-refractivity contribution in [3.05, 3.63) is 0 Å². The van der Waals surface area contributed by atoms with E-state index in [1.54, 1.807) is 6.92 Å². The van der Waals surface area contributed by atoms with E-state index in [0.717, 1.165) is 0 Å². The molecule has 0 saturated carbocycles. The number of ketones is 1. The number of carbonyl (C=O) groups excluding carboxylic acids is 1. The second kappa shape index (κ2) is 4.45. The molecule has 0 heterocycles. The van der Waals surface area contributed by atoms with E-state index >= 15 is 0 Å². The molecular weight excluding hydrogens is 171 g/mol. The molecule has 0 fully saturated rings. The van der Waals surface area contributed by atoms with Gasteiger partial charge < -0.3 is 5.73 Å². The van der Waals surface area contributed by atoms with Crippen LogP contribution in [0.25, 0.3) is 0 Å². The van der Waals surface area contributed by atoms with Gasteiger partial charge in [0.15, 0.2) is 0 Å². The molecule has 0 aliphatic carbocycles. The van der Waals surface area contributed by atoms with Crippen molar-refractivity contribution in [2.75, 3.05) is 0 Å². The Labute approximate surface area is 68.9 Å². The van der Waals surface area contributed by atoms with E-state index in [4.69, 9.17) is 5.73 Å². The number of Topliss-reactive ketones (excluding diaryl/α,β-unsaturated/α-hetero) is 1. The maximum atomic E-state index is 11.6. The molecule has 0 spiro atoms. The Morgan fingerprint density at radius 3 is 2.33 bits per heavy atom. The molecule has 0 bridgehead atoms. The Bertz CT molecular complexity index is 155. The summed E-state index contributed by atoms with van der Waals surface area (Å²) >= 11 is 0. The Morgan fingerprint density at radius 1 is 1.50 bits per heavy atom. The third-order valence-corrected chi connectivity index (χ3v) is 1.51. The first-order chi connectivity index (χ1) is 5.37. The normalized spacial score (nSPS) is 14.4. The fourth-order valence-corrected chi connectivity index (χ4v) is 0.678. The molecule has 0 radical (unpaired) electrons. The summed E-state index contributed by atoms with van der Waals surface area (Å²) < 4.78 is 34.8. The molecule has 1 unspecified atom stereocenters. The fraction of sp³-hybridized carbons (Fsp3) is 0.857. The number of hydrogen-bond donors (Lipinski definition) is 1. The third kappa shape index (κ3) is 5.12. The van der Waals surface area contributed by atoms with Gasteiger partial charge in [-0.3, -0.25) is 4.79 Å². The summed E-state index contributed by atoms with van der Waals surface area (Å²) in [5.41, 5.74) is 5.23. The largest absolute Gasteiger partial charge is 0.389 e. The Balaban J connectivity index is 3.72. The number of hydrogen-bond acceptors (Lipinski definition) is 2. The van der Waals surface area contributed by atoms with Crippen LogP contribution in [-0.2, 0) is 4.79 Å². The quantitative estimate of drug-likeness (QED) is 0.719. The van der Waals surface area contributed by atoms with Crippen LogP contribution in [0.3, 0.4) is 0 Å². The first kappa shape index (κ1) is 11.4. The lowest BCUT2D eigenvalue weighted by atomic mass is 10.1. The predicted octanol–water partition coefficient (Wildman–Crippen LogP) is 1.64. The second-order valence-corrected chi connectivity index (χ2v) is 2.60. The number of alkyl halides is 3. The Morgan fingerprint density at radius 2 is 2.00 bits per heavy atom. The van der Waals surface area contributed by atoms with Crippen LogP contribution in [0.2, 0.25) is 0 Å².